The number of benzene rings is 1. The fraction of sp³-hybridized carbons (Fsp3) is 0.364. The van der Waals surface area contributed by atoms with Gasteiger partial charge in [0.15, 0.2) is 5.82 Å². The molecule has 1 fully saturated rings. The number of nitriles is 1. The van der Waals surface area contributed by atoms with E-state index in [0.29, 0.717) is 13.2 Å². The number of anilines is 1. The molecule has 0 amide bonds. The predicted molar refractivity (Wildman–Crippen MR) is 59.2 cm³/mol. The molecule has 1 aliphatic heterocycles. The summed E-state index contributed by atoms with van der Waals surface area (Å²) < 4.78 is 18.6. The molecule has 16 heavy (non-hydrogen) atoms. The molecular formula is C11H10ClFN2O. The van der Waals surface area contributed by atoms with E-state index in [0.717, 1.165) is 18.8 Å². The van der Waals surface area contributed by atoms with E-state index in [1.54, 1.807) is 12.1 Å². The van der Waals surface area contributed by atoms with Crippen LogP contribution < -0.4 is 4.90 Å². The maximum atomic E-state index is 13.4. The molecule has 1 heterocycles. The van der Waals surface area contributed by atoms with Crippen LogP contribution in [0, 0.1) is 17.1 Å². The molecule has 0 atom stereocenters. The van der Waals surface area contributed by atoms with Crippen LogP contribution in [0.25, 0.3) is 0 Å². The molecule has 0 radical (unpaired) electrons. The van der Waals surface area contributed by atoms with Crippen molar-refractivity contribution in [2.75, 3.05) is 31.2 Å². The first kappa shape index (κ1) is 11.2. The van der Waals surface area contributed by atoms with Crippen LogP contribution in [0.1, 0.15) is 5.56 Å². The summed E-state index contributed by atoms with van der Waals surface area (Å²) in [7, 11) is 0. The van der Waals surface area contributed by atoms with Gasteiger partial charge >= 0.3 is 0 Å². The third kappa shape index (κ3) is 2.11. The maximum absolute atomic E-state index is 13.4. The van der Waals surface area contributed by atoms with Crippen LogP contribution in [-0.4, -0.2) is 26.3 Å². The summed E-state index contributed by atoms with van der Waals surface area (Å²) in [5.41, 5.74) is 0.750. The molecule has 0 bridgehead atoms. The molecule has 2 rings (SSSR count). The topological polar surface area (TPSA) is 36.3 Å². The minimum absolute atomic E-state index is 0.0134. The van der Waals surface area contributed by atoms with E-state index in [9.17, 15) is 4.39 Å². The smallest absolute Gasteiger partial charge is 0.159 e. The molecule has 0 saturated carbocycles. The van der Waals surface area contributed by atoms with Gasteiger partial charge in [-0.15, -0.1) is 0 Å². The standard InChI is InChI=1S/C11H10ClFN2O/c12-10-6-9(5-8(7-14)11(10)13)15-1-3-16-4-2-15/h5-6H,1-4H2. The van der Waals surface area contributed by atoms with Crippen LogP contribution in [0.3, 0.4) is 0 Å². The largest absolute Gasteiger partial charge is 0.378 e. The van der Waals surface area contributed by atoms with Gasteiger partial charge in [0.1, 0.15) is 6.07 Å². The lowest BCUT2D eigenvalue weighted by atomic mass is 10.2. The fourth-order valence-corrected chi connectivity index (χ4v) is 1.87. The van der Waals surface area contributed by atoms with Gasteiger partial charge in [0.05, 0.1) is 23.8 Å². The van der Waals surface area contributed by atoms with Gasteiger partial charge in [-0.3, -0.25) is 0 Å². The van der Waals surface area contributed by atoms with Crippen molar-refractivity contribution in [3.8, 4) is 6.07 Å². The molecule has 0 unspecified atom stereocenters. The molecule has 84 valence electrons. The Labute approximate surface area is 98.0 Å². The fourth-order valence-electron chi connectivity index (χ4n) is 1.66. The van der Waals surface area contributed by atoms with E-state index in [1.165, 1.54) is 6.07 Å². The first-order valence-corrected chi connectivity index (χ1v) is 5.32. The number of nitrogens with zero attached hydrogens (tertiary/aromatic N) is 2. The van der Waals surface area contributed by atoms with Gasteiger partial charge in [0.2, 0.25) is 0 Å². The number of halogens is 2. The summed E-state index contributed by atoms with van der Waals surface area (Å²) in [6.07, 6.45) is 0. The van der Waals surface area contributed by atoms with Crippen molar-refractivity contribution >= 4 is 17.3 Å². The summed E-state index contributed by atoms with van der Waals surface area (Å²) in [5.74, 6) is -0.652. The molecule has 0 spiro atoms. The number of hydrogen-bond acceptors (Lipinski definition) is 3. The highest BCUT2D eigenvalue weighted by molar-refractivity contribution is 6.31. The van der Waals surface area contributed by atoms with Crippen molar-refractivity contribution < 1.29 is 9.13 Å². The molecule has 0 aromatic heterocycles. The molecule has 0 N–H and O–H groups in total. The zero-order valence-corrected chi connectivity index (χ0v) is 9.30. The maximum Gasteiger partial charge on any atom is 0.159 e. The Morgan fingerprint density at radius 2 is 2.06 bits per heavy atom. The van der Waals surface area contributed by atoms with Crippen LogP contribution in [0.15, 0.2) is 12.1 Å². The van der Waals surface area contributed by atoms with E-state index >= 15 is 0 Å². The number of hydrogen-bond donors (Lipinski definition) is 0. The minimum Gasteiger partial charge on any atom is -0.378 e. The van der Waals surface area contributed by atoms with Crippen LogP contribution in [-0.2, 0) is 4.74 Å². The number of rotatable bonds is 1. The zero-order chi connectivity index (χ0) is 11.5. The molecule has 1 saturated heterocycles. The van der Waals surface area contributed by atoms with Gasteiger partial charge < -0.3 is 9.64 Å². The molecule has 1 aliphatic rings. The number of ether oxygens (including phenoxy) is 1. The van der Waals surface area contributed by atoms with Gasteiger partial charge in [0, 0.05) is 18.8 Å². The lowest BCUT2D eigenvalue weighted by Crippen LogP contribution is -2.36. The molecule has 1 aromatic rings. The van der Waals surface area contributed by atoms with Gasteiger partial charge in [-0.25, -0.2) is 4.39 Å². The van der Waals surface area contributed by atoms with Crippen molar-refractivity contribution in [1.82, 2.24) is 0 Å². The van der Waals surface area contributed by atoms with E-state index in [-0.39, 0.29) is 10.6 Å². The molecule has 0 aliphatic carbocycles. The highest BCUT2D eigenvalue weighted by atomic mass is 35.5. The van der Waals surface area contributed by atoms with Gasteiger partial charge in [-0.1, -0.05) is 11.6 Å². The first-order valence-electron chi connectivity index (χ1n) is 4.94. The Hall–Kier alpha value is -1.31. The number of morpholine rings is 1. The van der Waals surface area contributed by atoms with Gasteiger partial charge in [-0.2, -0.15) is 5.26 Å². The quantitative estimate of drug-likeness (QED) is 0.755. The van der Waals surface area contributed by atoms with Crippen molar-refractivity contribution in [3.63, 3.8) is 0 Å². The lowest BCUT2D eigenvalue weighted by molar-refractivity contribution is 0.122. The summed E-state index contributed by atoms with van der Waals surface area (Å²) in [6.45, 7) is 2.73. The minimum atomic E-state index is -0.652. The Balaban J connectivity index is 2.34. The van der Waals surface area contributed by atoms with Crippen LogP contribution >= 0.6 is 11.6 Å². The highest BCUT2D eigenvalue weighted by Crippen LogP contribution is 2.26. The summed E-state index contributed by atoms with van der Waals surface area (Å²) >= 11 is 5.73. The van der Waals surface area contributed by atoms with E-state index in [2.05, 4.69) is 0 Å². The Kier molecular flexibility index (Phi) is 3.28. The summed E-state index contributed by atoms with van der Waals surface area (Å²) in [5, 5.41) is 8.76. The molecule has 5 heteroatoms. The predicted octanol–water partition coefficient (Wildman–Crippen LogP) is 2.19. The van der Waals surface area contributed by atoms with Crippen molar-refractivity contribution in [2.45, 2.75) is 0 Å². The monoisotopic (exact) mass is 240 g/mol. The third-order valence-corrected chi connectivity index (χ3v) is 2.78. The van der Waals surface area contributed by atoms with Crippen LogP contribution in [0.4, 0.5) is 10.1 Å². The lowest BCUT2D eigenvalue weighted by Gasteiger charge is -2.29. The first-order chi connectivity index (χ1) is 7.72. The SMILES string of the molecule is N#Cc1cc(N2CCOCC2)cc(Cl)c1F. The molecular weight excluding hydrogens is 231 g/mol. The van der Waals surface area contributed by atoms with Crippen LogP contribution in [0.2, 0.25) is 5.02 Å². The normalized spacial score (nSPS) is 15.9. The summed E-state index contributed by atoms with van der Waals surface area (Å²) in [4.78, 5) is 2.02. The second-order valence-electron chi connectivity index (χ2n) is 3.50. The van der Waals surface area contributed by atoms with Crippen molar-refractivity contribution in [3.05, 3.63) is 28.5 Å². The van der Waals surface area contributed by atoms with E-state index in [4.69, 9.17) is 21.6 Å². The van der Waals surface area contributed by atoms with E-state index < -0.39 is 5.82 Å². The van der Waals surface area contributed by atoms with Crippen molar-refractivity contribution in [1.29, 1.82) is 5.26 Å². The third-order valence-electron chi connectivity index (χ3n) is 2.51. The Morgan fingerprint density at radius 3 is 2.69 bits per heavy atom. The Morgan fingerprint density at radius 1 is 1.38 bits per heavy atom. The summed E-state index contributed by atoms with van der Waals surface area (Å²) in [6, 6.07) is 4.86. The van der Waals surface area contributed by atoms with E-state index in [1.807, 2.05) is 4.90 Å². The van der Waals surface area contributed by atoms with Crippen LogP contribution in [0.5, 0.6) is 0 Å². The average Bonchev–Trinajstić information content (AvgIpc) is 2.33. The zero-order valence-electron chi connectivity index (χ0n) is 8.54. The molecule has 3 nitrogen and oxygen atoms in total. The second-order valence-corrected chi connectivity index (χ2v) is 3.91. The molecule has 1 aromatic carbocycles. The van der Waals surface area contributed by atoms with Crippen molar-refractivity contribution in [2.24, 2.45) is 0 Å². The Bertz CT molecular complexity index is 438. The van der Waals surface area contributed by atoms with Gasteiger partial charge in [-0.05, 0) is 12.1 Å². The highest BCUT2D eigenvalue weighted by Gasteiger charge is 2.15. The second kappa shape index (κ2) is 4.69. The van der Waals surface area contributed by atoms with Gasteiger partial charge in [0.25, 0.3) is 0 Å². The average molecular weight is 241 g/mol.